The summed E-state index contributed by atoms with van der Waals surface area (Å²) in [5, 5.41) is 10.4. The third-order valence-electron chi connectivity index (χ3n) is 2.27. The number of nitrogens with zero attached hydrogens (tertiary/aromatic N) is 1. The number of hydrogen-bond acceptors (Lipinski definition) is 2. The van der Waals surface area contributed by atoms with Gasteiger partial charge in [-0.15, -0.1) is 0 Å². The Kier molecular flexibility index (Phi) is 1.69. The van der Waals surface area contributed by atoms with E-state index in [4.69, 9.17) is 0 Å². The molecule has 13 heavy (non-hydrogen) atoms. The fourth-order valence-corrected chi connectivity index (χ4v) is 1.43. The molecule has 0 saturated heterocycles. The Labute approximate surface area is 76.9 Å². The van der Waals surface area contributed by atoms with Crippen LogP contribution in [0.4, 0.5) is 0 Å². The van der Waals surface area contributed by atoms with Crippen molar-refractivity contribution in [2.24, 2.45) is 0 Å². The summed E-state index contributed by atoms with van der Waals surface area (Å²) in [4.78, 5) is 4.15. The lowest BCUT2D eigenvalue weighted by Crippen LogP contribution is -1.84. The molecular weight excluding hydrogens is 162 g/mol. The maximum absolute atomic E-state index is 9.42. The highest BCUT2D eigenvalue weighted by Crippen LogP contribution is 2.24. The summed E-state index contributed by atoms with van der Waals surface area (Å²) in [6, 6.07) is 6.03. The minimum atomic E-state index is 0.261. The third-order valence-corrected chi connectivity index (χ3v) is 2.27. The molecule has 0 spiro atoms. The van der Waals surface area contributed by atoms with Gasteiger partial charge in [0.1, 0.15) is 5.75 Å². The lowest BCUT2D eigenvalue weighted by molar-refractivity contribution is 0.470. The highest BCUT2D eigenvalue weighted by atomic mass is 16.3. The predicted octanol–water partition coefficient (Wildman–Crippen LogP) is 2.56. The summed E-state index contributed by atoms with van der Waals surface area (Å²) in [6.07, 6.45) is 1.50. The molecule has 66 valence electrons. The van der Waals surface area contributed by atoms with Crippen molar-refractivity contribution in [3.63, 3.8) is 0 Å². The van der Waals surface area contributed by atoms with Crippen LogP contribution in [0.5, 0.6) is 5.75 Å². The summed E-state index contributed by atoms with van der Waals surface area (Å²) in [7, 11) is 0. The Morgan fingerprint density at radius 3 is 2.77 bits per heavy atom. The average molecular weight is 173 g/mol. The van der Waals surface area contributed by atoms with Crippen LogP contribution in [0.3, 0.4) is 0 Å². The quantitative estimate of drug-likeness (QED) is 0.664. The average Bonchev–Trinajstić information content (AvgIpc) is 2.12. The van der Waals surface area contributed by atoms with E-state index < -0.39 is 0 Å². The minimum Gasteiger partial charge on any atom is -0.506 e. The first-order chi connectivity index (χ1) is 6.18. The molecule has 2 aromatic rings. The van der Waals surface area contributed by atoms with Gasteiger partial charge in [0.2, 0.25) is 0 Å². The Balaban J connectivity index is 2.87. The van der Waals surface area contributed by atoms with E-state index in [0.717, 1.165) is 16.5 Å². The molecule has 0 aliphatic carbocycles. The van der Waals surface area contributed by atoms with E-state index >= 15 is 0 Å². The zero-order valence-corrected chi connectivity index (χ0v) is 7.70. The van der Waals surface area contributed by atoms with E-state index in [9.17, 15) is 5.11 Å². The van der Waals surface area contributed by atoms with Gasteiger partial charge in [0.05, 0.1) is 11.7 Å². The van der Waals surface area contributed by atoms with Crippen LogP contribution < -0.4 is 0 Å². The van der Waals surface area contributed by atoms with Gasteiger partial charge in [-0.1, -0.05) is 12.1 Å². The molecule has 0 bridgehead atoms. The van der Waals surface area contributed by atoms with E-state index in [0.29, 0.717) is 0 Å². The summed E-state index contributed by atoms with van der Waals surface area (Å²) in [5.41, 5.74) is 3.02. The van der Waals surface area contributed by atoms with Gasteiger partial charge in [-0.05, 0) is 25.5 Å². The first kappa shape index (κ1) is 8.05. The smallest absolute Gasteiger partial charge is 0.137 e. The molecule has 0 radical (unpaired) electrons. The number of aryl methyl sites for hydroxylation is 2. The largest absolute Gasteiger partial charge is 0.506 e. The molecule has 2 rings (SSSR count). The van der Waals surface area contributed by atoms with E-state index in [2.05, 4.69) is 4.98 Å². The van der Waals surface area contributed by atoms with Crippen molar-refractivity contribution in [2.75, 3.05) is 0 Å². The first-order valence-corrected chi connectivity index (χ1v) is 4.23. The van der Waals surface area contributed by atoms with Gasteiger partial charge < -0.3 is 5.11 Å². The van der Waals surface area contributed by atoms with Crippen molar-refractivity contribution < 1.29 is 5.11 Å². The van der Waals surface area contributed by atoms with Crippen molar-refractivity contribution in [1.82, 2.24) is 4.98 Å². The number of aromatic nitrogens is 1. The molecule has 0 aliphatic rings. The molecule has 1 N–H and O–H groups in total. The molecule has 0 fully saturated rings. The van der Waals surface area contributed by atoms with Gasteiger partial charge >= 0.3 is 0 Å². The summed E-state index contributed by atoms with van der Waals surface area (Å²) >= 11 is 0. The van der Waals surface area contributed by atoms with Crippen molar-refractivity contribution in [3.8, 4) is 5.75 Å². The van der Waals surface area contributed by atoms with Crippen LogP contribution in [0.15, 0.2) is 24.4 Å². The van der Waals surface area contributed by atoms with Crippen molar-refractivity contribution in [2.45, 2.75) is 13.8 Å². The molecule has 2 heteroatoms. The van der Waals surface area contributed by atoms with E-state index in [1.54, 1.807) is 0 Å². The molecule has 0 amide bonds. The van der Waals surface area contributed by atoms with Crippen LogP contribution in [-0.2, 0) is 0 Å². The Morgan fingerprint density at radius 1 is 1.23 bits per heavy atom. The van der Waals surface area contributed by atoms with Crippen LogP contribution in [-0.4, -0.2) is 10.1 Å². The SMILES string of the molecule is Cc1ccc2c(C)c(O)cnc2c1. The lowest BCUT2D eigenvalue weighted by atomic mass is 10.1. The second-order valence-corrected chi connectivity index (χ2v) is 3.29. The maximum atomic E-state index is 9.42. The number of aromatic hydroxyl groups is 1. The van der Waals surface area contributed by atoms with Gasteiger partial charge in [0.15, 0.2) is 0 Å². The molecule has 0 aliphatic heterocycles. The second kappa shape index (κ2) is 2.73. The summed E-state index contributed by atoms with van der Waals surface area (Å²) in [5.74, 6) is 0.261. The molecule has 1 aromatic heterocycles. The minimum absolute atomic E-state index is 0.261. The van der Waals surface area contributed by atoms with Crippen LogP contribution in [0.25, 0.3) is 10.9 Å². The molecule has 2 nitrogen and oxygen atoms in total. The number of fused-ring (bicyclic) bond motifs is 1. The molecule has 0 unspecified atom stereocenters. The lowest BCUT2D eigenvalue weighted by Gasteiger charge is -2.03. The second-order valence-electron chi connectivity index (χ2n) is 3.29. The van der Waals surface area contributed by atoms with E-state index in [1.807, 2.05) is 32.0 Å². The highest BCUT2D eigenvalue weighted by Gasteiger charge is 2.02. The molecule has 1 heterocycles. The standard InChI is InChI=1S/C11H11NO/c1-7-3-4-9-8(2)11(13)6-12-10(9)5-7/h3-6,13H,1-2H3. The van der Waals surface area contributed by atoms with Gasteiger partial charge in [0.25, 0.3) is 0 Å². The van der Waals surface area contributed by atoms with E-state index in [1.165, 1.54) is 11.8 Å². The number of benzene rings is 1. The number of pyridine rings is 1. The van der Waals surface area contributed by atoms with Crippen molar-refractivity contribution in [1.29, 1.82) is 0 Å². The topological polar surface area (TPSA) is 33.1 Å². The normalized spacial score (nSPS) is 10.6. The summed E-state index contributed by atoms with van der Waals surface area (Å²) < 4.78 is 0. The number of rotatable bonds is 0. The van der Waals surface area contributed by atoms with Crippen LogP contribution in [0.1, 0.15) is 11.1 Å². The fraction of sp³-hybridized carbons (Fsp3) is 0.182. The molecule has 0 saturated carbocycles. The van der Waals surface area contributed by atoms with Crippen LogP contribution in [0.2, 0.25) is 0 Å². The fourth-order valence-electron chi connectivity index (χ4n) is 1.43. The molecule has 1 aromatic carbocycles. The third kappa shape index (κ3) is 1.24. The first-order valence-electron chi connectivity index (χ1n) is 4.23. The monoisotopic (exact) mass is 173 g/mol. The van der Waals surface area contributed by atoms with Crippen LogP contribution >= 0.6 is 0 Å². The maximum Gasteiger partial charge on any atom is 0.137 e. The zero-order valence-electron chi connectivity index (χ0n) is 7.70. The molecular formula is C11H11NO. The molecule has 0 atom stereocenters. The van der Waals surface area contributed by atoms with Gasteiger partial charge in [-0.25, -0.2) is 0 Å². The van der Waals surface area contributed by atoms with E-state index in [-0.39, 0.29) is 5.75 Å². The zero-order chi connectivity index (χ0) is 9.42. The number of hydrogen-bond donors (Lipinski definition) is 1. The van der Waals surface area contributed by atoms with Gasteiger partial charge in [0, 0.05) is 10.9 Å². The van der Waals surface area contributed by atoms with Gasteiger partial charge in [-0.2, -0.15) is 0 Å². The highest BCUT2D eigenvalue weighted by molar-refractivity contribution is 5.84. The van der Waals surface area contributed by atoms with Crippen LogP contribution in [0, 0.1) is 13.8 Å². The predicted molar refractivity (Wildman–Crippen MR) is 52.9 cm³/mol. The Bertz CT molecular complexity index is 463. The Hall–Kier alpha value is -1.57. The Morgan fingerprint density at radius 2 is 2.00 bits per heavy atom. The van der Waals surface area contributed by atoms with Crippen molar-refractivity contribution in [3.05, 3.63) is 35.5 Å². The van der Waals surface area contributed by atoms with Gasteiger partial charge in [-0.3, -0.25) is 4.98 Å². The summed E-state index contributed by atoms with van der Waals surface area (Å²) in [6.45, 7) is 3.93. The van der Waals surface area contributed by atoms with Crippen molar-refractivity contribution >= 4 is 10.9 Å².